The van der Waals surface area contributed by atoms with Crippen molar-refractivity contribution in [3.8, 4) is 11.5 Å². The monoisotopic (exact) mass is 386 g/mol. The first-order valence-electron chi connectivity index (χ1n) is 8.70. The number of carbonyl (C=O) groups is 3. The molecule has 1 aliphatic carbocycles. The molecule has 0 spiro atoms. The molecule has 2 atom stereocenters. The van der Waals surface area contributed by atoms with Crippen LogP contribution in [0.1, 0.15) is 62.5 Å². The van der Waals surface area contributed by atoms with Crippen molar-refractivity contribution in [2.45, 2.75) is 32.0 Å². The lowest BCUT2D eigenvalue weighted by molar-refractivity contribution is -0.145. The number of aromatic nitrogens is 2. The van der Waals surface area contributed by atoms with Crippen molar-refractivity contribution >= 4 is 17.5 Å². The highest BCUT2D eigenvalue weighted by atomic mass is 16.5. The van der Waals surface area contributed by atoms with Crippen LogP contribution in [0.2, 0.25) is 0 Å². The summed E-state index contributed by atoms with van der Waals surface area (Å²) in [6.45, 7) is 1.64. The maximum atomic E-state index is 13.0. The minimum atomic E-state index is -0.703. The summed E-state index contributed by atoms with van der Waals surface area (Å²) >= 11 is 0. The summed E-state index contributed by atoms with van der Waals surface area (Å²) in [5, 5.41) is 25.7. The van der Waals surface area contributed by atoms with E-state index in [-0.39, 0.29) is 52.1 Å². The van der Waals surface area contributed by atoms with Crippen LogP contribution in [-0.2, 0) is 27.7 Å². The largest absolute Gasteiger partial charge is 0.507 e. The summed E-state index contributed by atoms with van der Waals surface area (Å²) in [5.74, 6) is -2.42. The minimum absolute atomic E-state index is 0.0444. The van der Waals surface area contributed by atoms with E-state index in [2.05, 4.69) is 9.84 Å². The number of aromatic hydroxyl groups is 2. The number of ether oxygens (including phenoxy) is 2. The molecule has 1 aliphatic heterocycles. The summed E-state index contributed by atoms with van der Waals surface area (Å²) in [5.41, 5.74) is 0.161. The van der Waals surface area contributed by atoms with Crippen molar-refractivity contribution in [2.24, 2.45) is 7.05 Å². The predicted octanol–water partition coefficient (Wildman–Crippen LogP) is 1.17. The first-order chi connectivity index (χ1) is 13.3. The van der Waals surface area contributed by atoms with Gasteiger partial charge in [-0.05, 0) is 6.92 Å². The maximum Gasteiger partial charge on any atom is 0.308 e. The molecule has 9 nitrogen and oxygen atoms in total. The smallest absolute Gasteiger partial charge is 0.308 e. The molecule has 0 bridgehead atoms. The van der Waals surface area contributed by atoms with Gasteiger partial charge in [0.2, 0.25) is 11.6 Å². The molecule has 0 amide bonds. The minimum Gasteiger partial charge on any atom is -0.507 e. The van der Waals surface area contributed by atoms with Crippen LogP contribution in [-0.4, -0.2) is 50.7 Å². The van der Waals surface area contributed by atoms with Crippen LogP contribution >= 0.6 is 0 Å². The fraction of sp³-hybridized carbons (Fsp3) is 0.368. The van der Waals surface area contributed by atoms with Crippen molar-refractivity contribution in [1.29, 1.82) is 0 Å². The number of hydrogen-bond acceptors (Lipinski definition) is 8. The van der Waals surface area contributed by atoms with Gasteiger partial charge in [-0.2, -0.15) is 5.10 Å². The molecule has 146 valence electrons. The second-order valence-corrected chi connectivity index (χ2v) is 6.91. The van der Waals surface area contributed by atoms with Gasteiger partial charge < -0.3 is 19.7 Å². The van der Waals surface area contributed by atoms with E-state index in [1.165, 1.54) is 25.0 Å². The Hall–Kier alpha value is -3.20. The van der Waals surface area contributed by atoms with Gasteiger partial charge in [0, 0.05) is 24.6 Å². The maximum absolute atomic E-state index is 13.0. The normalized spacial score (nSPS) is 20.4. The molecule has 1 aromatic heterocycles. The lowest BCUT2D eigenvalue weighted by Crippen LogP contribution is -2.30. The summed E-state index contributed by atoms with van der Waals surface area (Å²) in [6.07, 6.45) is 0.00681. The van der Waals surface area contributed by atoms with Crippen molar-refractivity contribution in [3.63, 3.8) is 0 Å². The van der Waals surface area contributed by atoms with Crippen LogP contribution in [0.15, 0.2) is 6.20 Å². The Morgan fingerprint density at radius 1 is 1.29 bits per heavy atom. The lowest BCUT2D eigenvalue weighted by Gasteiger charge is -2.33. The molecule has 0 saturated heterocycles. The molecule has 4 rings (SSSR count). The number of fused-ring (bicyclic) bond motifs is 3. The third-order valence-electron chi connectivity index (χ3n) is 5.30. The number of phenolic OH excluding ortho intramolecular Hbond substituents is 2. The van der Waals surface area contributed by atoms with Crippen molar-refractivity contribution in [2.75, 3.05) is 7.11 Å². The molecule has 2 N–H and O–H groups in total. The number of rotatable bonds is 2. The van der Waals surface area contributed by atoms with E-state index < -0.39 is 35.5 Å². The Balaban J connectivity index is 1.90. The van der Waals surface area contributed by atoms with Gasteiger partial charge >= 0.3 is 5.97 Å². The van der Waals surface area contributed by atoms with Crippen LogP contribution in [0.3, 0.4) is 0 Å². The number of benzene rings is 1. The second-order valence-electron chi connectivity index (χ2n) is 6.91. The van der Waals surface area contributed by atoms with Gasteiger partial charge in [0.15, 0.2) is 0 Å². The number of hydrogen-bond donors (Lipinski definition) is 2. The van der Waals surface area contributed by atoms with Crippen LogP contribution in [0, 0.1) is 0 Å². The van der Waals surface area contributed by atoms with Crippen LogP contribution in [0.4, 0.5) is 0 Å². The third kappa shape index (κ3) is 2.36. The highest BCUT2D eigenvalue weighted by molar-refractivity contribution is 6.30. The summed E-state index contributed by atoms with van der Waals surface area (Å²) < 4.78 is 11.7. The Bertz CT molecular complexity index is 1050. The average molecular weight is 386 g/mol. The van der Waals surface area contributed by atoms with Crippen LogP contribution in [0.25, 0.3) is 0 Å². The second kappa shape index (κ2) is 6.16. The fourth-order valence-electron chi connectivity index (χ4n) is 4.03. The zero-order valence-electron chi connectivity index (χ0n) is 15.5. The van der Waals surface area contributed by atoms with Gasteiger partial charge in [-0.15, -0.1) is 0 Å². The van der Waals surface area contributed by atoms with Gasteiger partial charge in [-0.25, -0.2) is 0 Å². The lowest BCUT2D eigenvalue weighted by atomic mass is 9.80. The topological polar surface area (TPSA) is 128 Å². The SMILES string of the molecule is COC(=O)CC1Cc2c(O)c3c(c(O)c2C(C)O1)C(=O)c1c(cnn1C)C3=O. The number of ketones is 2. The number of methoxy groups -OCH3 is 1. The van der Waals surface area contributed by atoms with Crippen LogP contribution < -0.4 is 0 Å². The summed E-state index contributed by atoms with van der Waals surface area (Å²) in [6, 6.07) is 0. The van der Waals surface area contributed by atoms with E-state index >= 15 is 0 Å². The molecule has 0 saturated carbocycles. The van der Waals surface area contributed by atoms with E-state index in [1.807, 2.05) is 0 Å². The predicted molar refractivity (Wildman–Crippen MR) is 93.5 cm³/mol. The zero-order chi connectivity index (χ0) is 20.3. The quantitative estimate of drug-likeness (QED) is 0.496. The summed E-state index contributed by atoms with van der Waals surface area (Å²) in [4.78, 5) is 37.5. The molecular weight excluding hydrogens is 368 g/mol. The van der Waals surface area contributed by atoms with Crippen LogP contribution in [0.5, 0.6) is 11.5 Å². The highest BCUT2D eigenvalue weighted by Gasteiger charge is 2.42. The molecule has 28 heavy (non-hydrogen) atoms. The first kappa shape index (κ1) is 18.2. The molecular formula is C19H18N2O7. The summed E-state index contributed by atoms with van der Waals surface area (Å²) in [7, 11) is 2.78. The molecule has 0 radical (unpaired) electrons. The number of esters is 1. The fourth-order valence-corrected chi connectivity index (χ4v) is 4.03. The van der Waals surface area contributed by atoms with E-state index in [1.54, 1.807) is 6.92 Å². The van der Waals surface area contributed by atoms with E-state index in [4.69, 9.17) is 4.74 Å². The van der Waals surface area contributed by atoms with Gasteiger partial charge in [-0.1, -0.05) is 0 Å². The average Bonchev–Trinajstić information content (AvgIpc) is 3.04. The highest BCUT2D eigenvalue weighted by Crippen LogP contribution is 2.48. The third-order valence-corrected chi connectivity index (χ3v) is 5.30. The zero-order valence-corrected chi connectivity index (χ0v) is 15.5. The molecule has 1 aromatic carbocycles. The van der Waals surface area contributed by atoms with Crippen molar-refractivity contribution in [3.05, 3.63) is 39.7 Å². The number of nitrogens with zero attached hydrogens (tertiary/aromatic N) is 2. The molecule has 0 fully saturated rings. The molecule has 2 unspecified atom stereocenters. The molecule has 2 aliphatic rings. The molecule has 2 heterocycles. The van der Waals surface area contributed by atoms with E-state index in [0.717, 1.165) is 0 Å². The van der Waals surface area contributed by atoms with E-state index in [9.17, 15) is 24.6 Å². The Kier molecular flexibility index (Phi) is 4.00. The number of aryl methyl sites for hydroxylation is 1. The van der Waals surface area contributed by atoms with Gasteiger partial charge in [-0.3, -0.25) is 19.1 Å². The van der Waals surface area contributed by atoms with Crippen molar-refractivity contribution < 1.29 is 34.1 Å². The molecule has 2 aromatic rings. The Morgan fingerprint density at radius 2 is 1.96 bits per heavy atom. The van der Waals surface area contributed by atoms with Gasteiger partial charge in [0.1, 0.15) is 17.2 Å². The number of phenols is 2. The Labute approximate surface area is 159 Å². The molecule has 9 heteroatoms. The Morgan fingerprint density at radius 3 is 2.64 bits per heavy atom. The van der Waals surface area contributed by atoms with E-state index in [0.29, 0.717) is 0 Å². The van der Waals surface area contributed by atoms with Gasteiger partial charge in [0.25, 0.3) is 0 Å². The first-order valence-corrected chi connectivity index (χ1v) is 8.70. The van der Waals surface area contributed by atoms with Crippen molar-refractivity contribution in [1.82, 2.24) is 9.78 Å². The number of carbonyl (C=O) groups excluding carboxylic acids is 3. The van der Waals surface area contributed by atoms with Gasteiger partial charge in [0.05, 0.1) is 48.6 Å². The standard InChI is InChI=1S/C19H18N2O7/c1-7-12-9(4-8(28-7)5-11(22)27-3)16(23)13-14(18(12)25)19(26)15-10(17(13)24)6-20-21(15)2/h6-8,23,25H,4-5H2,1-3H3.